The summed E-state index contributed by atoms with van der Waals surface area (Å²) in [6.45, 7) is 3.41. The fourth-order valence-corrected chi connectivity index (χ4v) is 4.84. The number of hydrogen-bond acceptors (Lipinski definition) is 8. The molecule has 10 heteroatoms. The molecule has 1 aliphatic heterocycles. The lowest BCUT2D eigenvalue weighted by molar-refractivity contribution is 0.0954. The van der Waals surface area contributed by atoms with Crippen LogP contribution in [0.25, 0.3) is 0 Å². The highest BCUT2D eigenvalue weighted by atomic mass is 35.5. The highest BCUT2D eigenvalue weighted by molar-refractivity contribution is 7.98. The number of carbonyl (C=O) groups excluding carboxylic acids is 1. The molecule has 0 aliphatic carbocycles. The van der Waals surface area contributed by atoms with E-state index >= 15 is 0 Å². The topological polar surface area (TPSA) is 85.8 Å². The summed E-state index contributed by atoms with van der Waals surface area (Å²) in [5.74, 6) is 2.67. The first-order valence-electron chi connectivity index (χ1n) is 11.6. The summed E-state index contributed by atoms with van der Waals surface area (Å²) < 4.78 is 16.0. The third kappa shape index (κ3) is 7.02. The second-order valence-corrected chi connectivity index (χ2v) is 9.44. The number of ether oxygens (including phenoxy) is 3. The maximum Gasteiger partial charge on any atom is 0.251 e. The molecule has 2 heterocycles. The van der Waals surface area contributed by atoms with E-state index in [-0.39, 0.29) is 5.91 Å². The number of nitrogens with one attached hydrogen (secondary N) is 1. The molecule has 2 aromatic carbocycles. The smallest absolute Gasteiger partial charge is 0.251 e. The maximum absolute atomic E-state index is 12.7. The average Bonchev–Trinajstić information content (AvgIpc) is 2.92. The van der Waals surface area contributed by atoms with E-state index in [1.807, 2.05) is 42.5 Å². The number of benzene rings is 2. The van der Waals surface area contributed by atoms with Crippen molar-refractivity contribution in [3.63, 3.8) is 0 Å². The van der Waals surface area contributed by atoms with Crippen LogP contribution in [0.1, 0.15) is 21.5 Å². The van der Waals surface area contributed by atoms with E-state index in [2.05, 4.69) is 20.2 Å². The summed E-state index contributed by atoms with van der Waals surface area (Å²) in [6, 6.07) is 15.1. The largest absolute Gasteiger partial charge is 0.493 e. The molecule has 0 bridgehead atoms. The Balaban J connectivity index is 1.32. The molecular weight excluding hydrogens is 500 g/mol. The number of amides is 1. The van der Waals surface area contributed by atoms with Crippen LogP contribution in [-0.2, 0) is 16.9 Å². The number of thioether (sulfide) groups is 1. The molecule has 1 N–H and O–H groups in total. The molecule has 1 fully saturated rings. The second-order valence-electron chi connectivity index (χ2n) is 8.12. The van der Waals surface area contributed by atoms with Gasteiger partial charge in [0.1, 0.15) is 11.0 Å². The third-order valence-electron chi connectivity index (χ3n) is 5.70. The fraction of sp³-hybridized carbons (Fsp3) is 0.346. The van der Waals surface area contributed by atoms with Crippen molar-refractivity contribution in [2.75, 3.05) is 52.0 Å². The Morgan fingerprint density at radius 3 is 2.64 bits per heavy atom. The fourth-order valence-electron chi connectivity index (χ4n) is 3.81. The normalized spacial score (nSPS) is 13.4. The minimum absolute atomic E-state index is 0.115. The van der Waals surface area contributed by atoms with Crippen molar-refractivity contribution in [1.82, 2.24) is 15.3 Å². The van der Waals surface area contributed by atoms with Crippen molar-refractivity contribution in [2.24, 2.45) is 0 Å². The van der Waals surface area contributed by atoms with Crippen molar-refractivity contribution >= 4 is 35.1 Å². The molecule has 1 aliphatic rings. The Labute approximate surface area is 220 Å². The lowest BCUT2D eigenvalue weighted by atomic mass is 10.1. The number of aromatic nitrogens is 2. The third-order valence-corrected chi connectivity index (χ3v) is 6.81. The molecule has 0 unspecified atom stereocenters. The molecule has 0 atom stereocenters. The maximum atomic E-state index is 12.7. The summed E-state index contributed by atoms with van der Waals surface area (Å²) in [4.78, 5) is 23.9. The quantitative estimate of drug-likeness (QED) is 0.237. The van der Waals surface area contributed by atoms with Gasteiger partial charge in [0.2, 0.25) is 0 Å². The van der Waals surface area contributed by atoms with Gasteiger partial charge in [0.15, 0.2) is 16.7 Å². The Hall–Kier alpha value is -3.01. The van der Waals surface area contributed by atoms with Gasteiger partial charge < -0.3 is 24.4 Å². The van der Waals surface area contributed by atoms with Crippen LogP contribution >= 0.6 is 23.4 Å². The van der Waals surface area contributed by atoms with Gasteiger partial charge in [0.25, 0.3) is 5.91 Å². The minimum Gasteiger partial charge on any atom is -0.493 e. The van der Waals surface area contributed by atoms with Gasteiger partial charge in [-0.3, -0.25) is 4.79 Å². The van der Waals surface area contributed by atoms with E-state index < -0.39 is 0 Å². The zero-order valence-corrected chi connectivity index (χ0v) is 21.9. The van der Waals surface area contributed by atoms with E-state index in [1.54, 1.807) is 20.3 Å². The molecule has 8 nitrogen and oxygen atoms in total. The highest BCUT2D eigenvalue weighted by Crippen LogP contribution is 2.28. The minimum atomic E-state index is -0.115. The summed E-state index contributed by atoms with van der Waals surface area (Å²) in [7, 11) is 3.21. The van der Waals surface area contributed by atoms with E-state index in [9.17, 15) is 4.79 Å². The van der Waals surface area contributed by atoms with Crippen LogP contribution < -0.4 is 19.7 Å². The first kappa shape index (κ1) is 26.1. The van der Waals surface area contributed by atoms with Crippen LogP contribution in [-0.4, -0.2) is 62.9 Å². The molecule has 1 aromatic heterocycles. The number of hydrogen-bond donors (Lipinski definition) is 1. The van der Waals surface area contributed by atoms with Gasteiger partial charge in [0, 0.05) is 37.0 Å². The monoisotopic (exact) mass is 528 g/mol. The van der Waals surface area contributed by atoms with Gasteiger partial charge in [0.05, 0.1) is 27.4 Å². The second kappa shape index (κ2) is 12.8. The number of carbonyl (C=O) groups is 1. The van der Waals surface area contributed by atoms with Gasteiger partial charge in [-0.1, -0.05) is 41.6 Å². The first-order valence-corrected chi connectivity index (χ1v) is 13.0. The number of nitrogens with zero attached hydrogens (tertiary/aromatic N) is 3. The Morgan fingerprint density at radius 2 is 1.86 bits per heavy atom. The Kier molecular flexibility index (Phi) is 9.27. The summed E-state index contributed by atoms with van der Waals surface area (Å²) in [5, 5.41) is 4.01. The standard InChI is InChI=1S/C26H29ClN4O4S/c1-33-21-7-6-18(15-22(21)34-2)8-9-28-25(32)20-5-3-4-19(14-20)17-36-26-29-23(27)16-24(30-26)31-10-12-35-13-11-31/h3-7,14-16H,8-13,17H2,1-2H3,(H,28,32). The zero-order chi connectivity index (χ0) is 25.3. The lowest BCUT2D eigenvalue weighted by Crippen LogP contribution is -2.36. The number of morpholine rings is 1. The predicted molar refractivity (Wildman–Crippen MR) is 142 cm³/mol. The summed E-state index contributed by atoms with van der Waals surface area (Å²) >= 11 is 7.74. The summed E-state index contributed by atoms with van der Waals surface area (Å²) in [5.41, 5.74) is 2.67. The molecule has 0 saturated carbocycles. The molecule has 3 aromatic rings. The molecule has 36 heavy (non-hydrogen) atoms. The van der Waals surface area contributed by atoms with Crippen molar-refractivity contribution in [3.05, 3.63) is 70.4 Å². The van der Waals surface area contributed by atoms with Gasteiger partial charge >= 0.3 is 0 Å². The van der Waals surface area contributed by atoms with E-state index in [0.29, 0.717) is 59.3 Å². The molecule has 1 saturated heterocycles. The SMILES string of the molecule is COc1ccc(CCNC(=O)c2cccc(CSc3nc(Cl)cc(N4CCOCC4)n3)c2)cc1OC. The molecule has 1 amide bonds. The summed E-state index contributed by atoms with van der Waals surface area (Å²) in [6.07, 6.45) is 0.680. The van der Waals surface area contributed by atoms with Crippen LogP contribution in [0, 0.1) is 0 Å². The van der Waals surface area contributed by atoms with Crippen molar-refractivity contribution < 1.29 is 19.0 Å². The highest BCUT2D eigenvalue weighted by Gasteiger charge is 2.15. The molecular formula is C26H29ClN4O4S. The number of anilines is 1. The van der Waals surface area contributed by atoms with Gasteiger partial charge in [-0.05, 0) is 41.8 Å². The first-order chi connectivity index (χ1) is 17.6. The van der Waals surface area contributed by atoms with Crippen LogP contribution in [0.3, 0.4) is 0 Å². The Morgan fingerprint density at radius 1 is 1.06 bits per heavy atom. The molecule has 0 radical (unpaired) electrons. The van der Waals surface area contributed by atoms with Crippen LogP contribution in [0.5, 0.6) is 11.5 Å². The van der Waals surface area contributed by atoms with Crippen LogP contribution in [0.15, 0.2) is 53.7 Å². The van der Waals surface area contributed by atoms with E-state index in [1.165, 1.54) is 11.8 Å². The number of methoxy groups -OCH3 is 2. The van der Waals surface area contributed by atoms with Gasteiger partial charge in [-0.15, -0.1) is 0 Å². The van der Waals surface area contributed by atoms with Crippen LogP contribution in [0.2, 0.25) is 5.15 Å². The number of halogens is 1. The van der Waals surface area contributed by atoms with Gasteiger partial charge in [-0.2, -0.15) is 0 Å². The molecule has 4 rings (SSSR count). The van der Waals surface area contributed by atoms with E-state index in [0.717, 1.165) is 30.0 Å². The van der Waals surface area contributed by atoms with Gasteiger partial charge in [-0.25, -0.2) is 9.97 Å². The van der Waals surface area contributed by atoms with Crippen molar-refractivity contribution in [2.45, 2.75) is 17.3 Å². The van der Waals surface area contributed by atoms with Crippen molar-refractivity contribution in [1.29, 1.82) is 0 Å². The zero-order valence-electron chi connectivity index (χ0n) is 20.3. The molecule has 190 valence electrons. The Bertz CT molecular complexity index is 1190. The predicted octanol–water partition coefficient (Wildman–Crippen LogP) is 4.25. The molecule has 0 spiro atoms. The van der Waals surface area contributed by atoms with E-state index in [4.69, 9.17) is 25.8 Å². The average molecular weight is 529 g/mol. The van der Waals surface area contributed by atoms with Crippen LogP contribution in [0.4, 0.5) is 5.82 Å². The lowest BCUT2D eigenvalue weighted by Gasteiger charge is -2.27. The van der Waals surface area contributed by atoms with Crippen molar-refractivity contribution in [3.8, 4) is 11.5 Å². The number of rotatable bonds is 10.